The molecule has 2 atom stereocenters. The standard InChI is InChI=1S/C18H14F4N2O5S2/c1-30(26,27)24-31(28,9-19)15-3-2-14(13-7-18(21,22)17(25)16(13)15)29-12-5-10(8-23)4-11(20)6-12/h2-6,17,25H,7,9H2,1H3. The van der Waals surface area contributed by atoms with Crippen LogP contribution in [0.1, 0.15) is 22.8 Å². The smallest absolute Gasteiger partial charge is 0.281 e. The Labute approximate surface area is 175 Å². The van der Waals surface area contributed by atoms with Gasteiger partial charge < -0.3 is 9.84 Å². The van der Waals surface area contributed by atoms with Crippen LogP contribution in [0, 0.1) is 17.1 Å². The van der Waals surface area contributed by atoms with Gasteiger partial charge in [0.2, 0.25) is 0 Å². The number of fused-ring (bicyclic) bond motifs is 1. The topological polar surface area (TPSA) is 117 Å². The van der Waals surface area contributed by atoms with E-state index in [1.165, 1.54) is 0 Å². The number of ether oxygens (including phenoxy) is 1. The van der Waals surface area contributed by atoms with Crippen molar-refractivity contribution in [3.63, 3.8) is 0 Å². The van der Waals surface area contributed by atoms with Crippen LogP contribution in [0.3, 0.4) is 0 Å². The van der Waals surface area contributed by atoms with E-state index in [1.807, 2.05) is 0 Å². The number of hydrogen-bond acceptors (Lipinski definition) is 6. The van der Waals surface area contributed by atoms with E-state index in [0.717, 1.165) is 30.3 Å². The second kappa shape index (κ2) is 7.77. The maximum absolute atomic E-state index is 14.3. The Hall–Kier alpha value is -2.69. The van der Waals surface area contributed by atoms with E-state index in [-0.39, 0.29) is 22.6 Å². The molecule has 2 unspecified atom stereocenters. The van der Waals surface area contributed by atoms with E-state index in [0.29, 0.717) is 6.26 Å². The molecule has 0 saturated carbocycles. The number of hydrogen-bond donors (Lipinski definition) is 1. The summed E-state index contributed by atoms with van der Waals surface area (Å²) in [4.78, 5) is -0.704. The molecule has 0 aliphatic heterocycles. The van der Waals surface area contributed by atoms with Gasteiger partial charge in [-0.15, -0.1) is 3.77 Å². The minimum Gasteiger partial charge on any atom is -0.457 e. The number of aliphatic hydroxyl groups is 1. The summed E-state index contributed by atoms with van der Waals surface area (Å²) < 4.78 is 100. The van der Waals surface area contributed by atoms with Crippen LogP contribution in [0.25, 0.3) is 0 Å². The van der Waals surface area contributed by atoms with Crippen LogP contribution >= 0.6 is 0 Å². The van der Waals surface area contributed by atoms with Crippen LogP contribution in [0.15, 0.2) is 39.0 Å². The minimum absolute atomic E-state index is 0.110. The van der Waals surface area contributed by atoms with Crippen LogP contribution in [0.4, 0.5) is 17.6 Å². The molecule has 0 fully saturated rings. The van der Waals surface area contributed by atoms with Crippen LogP contribution in [-0.2, 0) is 26.2 Å². The molecule has 166 valence electrons. The zero-order valence-corrected chi connectivity index (χ0v) is 17.3. The van der Waals surface area contributed by atoms with Crippen LogP contribution in [0.5, 0.6) is 11.5 Å². The van der Waals surface area contributed by atoms with Gasteiger partial charge in [-0.25, -0.2) is 30.2 Å². The lowest BCUT2D eigenvalue weighted by Gasteiger charge is -2.17. The van der Waals surface area contributed by atoms with Gasteiger partial charge in [0, 0.05) is 23.6 Å². The summed E-state index contributed by atoms with van der Waals surface area (Å²) in [6.07, 6.45) is -3.08. The third-order valence-electron chi connectivity index (χ3n) is 4.34. The predicted octanol–water partition coefficient (Wildman–Crippen LogP) is 3.43. The fraction of sp³-hybridized carbons (Fsp3) is 0.278. The monoisotopic (exact) mass is 478 g/mol. The predicted molar refractivity (Wildman–Crippen MR) is 101 cm³/mol. The number of sulfonamides is 1. The zero-order valence-electron chi connectivity index (χ0n) is 15.7. The van der Waals surface area contributed by atoms with Gasteiger partial charge in [0.15, 0.2) is 6.01 Å². The first-order valence-electron chi connectivity index (χ1n) is 8.42. The van der Waals surface area contributed by atoms with Gasteiger partial charge in [0.05, 0.1) is 22.8 Å². The van der Waals surface area contributed by atoms with Crippen molar-refractivity contribution in [2.24, 2.45) is 3.77 Å². The van der Waals surface area contributed by atoms with Crippen molar-refractivity contribution in [1.29, 1.82) is 5.26 Å². The van der Waals surface area contributed by atoms with Gasteiger partial charge >= 0.3 is 0 Å². The number of rotatable bonds is 5. The van der Waals surface area contributed by atoms with E-state index in [1.54, 1.807) is 6.07 Å². The summed E-state index contributed by atoms with van der Waals surface area (Å²) in [5.41, 5.74) is -1.15. The number of nitrogens with zero attached hydrogens (tertiary/aromatic N) is 2. The van der Waals surface area contributed by atoms with Gasteiger partial charge in [-0.1, -0.05) is 0 Å². The molecule has 0 aromatic heterocycles. The number of nitriles is 1. The lowest BCUT2D eigenvalue weighted by Crippen LogP contribution is -2.22. The number of alkyl halides is 3. The molecule has 0 bridgehead atoms. The first-order chi connectivity index (χ1) is 14.3. The van der Waals surface area contributed by atoms with Gasteiger partial charge in [0.25, 0.3) is 15.9 Å². The molecule has 2 aromatic rings. The molecule has 1 aliphatic carbocycles. The van der Waals surface area contributed by atoms with Crippen LogP contribution in [-0.4, -0.2) is 35.9 Å². The molecule has 13 heteroatoms. The molecule has 1 N–H and O–H groups in total. The summed E-state index contributed by atoms with van der Waals surface area (Å²) in [6, 6.07) is 4.69. The molecular formula is C18H14F4N2O5S2. The Kier molecular flexibility index (Phi) is 5.76. The number of halogens is 4. The molecule has 7 nitrogen and oxygen atoms in total. The maximum atomic E-state index is 14.3. The quantitative estimate of drug-likeness (QED) is 0.658. The minimum atomic E-state index is -4.36. The lowest BCUT2D eigenvalue weighted by atomic mass is 10.1. The SMILES string of the molecule is CS(=O)(=O)N=S(=O)(CF)c1ccc(Oc2cc(F)cc(C#N)c2)c2c1C(O)C(F)(F)C2. The van der Waals surface area contributed by atoms with Crippen molar-refractivity contribution in [3.8, 4) is 17.6 Å². The molecule has 0 saturated heterocycles. The van der Waals surface area contributed by atoms with Gasteiger partial charge in [-0.05, 0) is 24.3 Å². The Morgan fingerprint density at radius 1 is 1.29 bits per heavy atom. The van der Waals surface area contributed by atoms with Crippen molar-refractivity contribution >= 4 is 19.8 Å². The summed E-state index contributed by atoms with van der Waals surface area (Å²) in [5.74, 6) is -5.12. The highest BCUT2D eigenvalue weighted by Gasteiger charge is 2.50. The Morgan fingerprint density at radius 2 is 1.97 bits per heavy atom. The highest BCUT2D eigenvalue weighted by atomic mass is 32.3. The zero-order chi connectivity index (χ0) is 23.2. The van der Waals surface area contributed by atoms with Gasteiger partial charge in [0.1, 0.15) is 33.1 Å². The molecule has 0 spiro atoms. The fourth-order valence-electron chi connectivity index (χ4n) is 3.17. The second-order valence-electron chi connectivity index (χ2n) is 6.74. The van der Waals surface area contributed by atoms with Gasteiger partial charge in [-0.3, -0.25) is 0 Å². The van der Waals surface area contributed by atoms with Crippen LogP contribution in [0.2, 0.25) is 0 Å². The largest absolute Gasteiger partial charge is 0.457 e. The first kappa shape index (κ1) is 23.0. The van der Waals surface area contributed by atoms with Crippen molar-refractivity contribution < 1.29 is 40.0 Å². The fourth-order valence-corrected chi connectivity index (χ4v) is 6.38. The van der Waals surface area contributed by atoms with E-state index >= 15 is 0 Å². The average molecular weight is 478 g/mol. The summed E-state index contributed by atoms with van der Waals surface area (Å²) in [5, 5.41) is 19.0. The summed E-state index contributed by atoms with van der Waals surface area (Å²) in [7, 11) is -8.70. The third kappa shape index (κ3) is 4.51. The van der Waals surface area contributed by atoms with Crippen molar-refractivity contribution in [2.45, 2.75) is 23.3 Å². The highest BCUT2D eigenvalue weighted by molar-refractivity contribution is 8.03. The molecule has 3 rings (SSSR count). The Morgan fingerprint density at radius 3 is 2.55 bits per heavy atom. The van der Waals surface area contributed by atoms with Crippen molar-refractivity contribution in [1.82, 2.24) is 0 Å². The molecule has 0 radical (unpaired) electrons. The van der Waals surface area contributed by atoms with E-state index in [4.69, 9.17) is 10.00 Å². The number of aliphatic hydroxyl groups excluding tert-OH is 1. The van der Waals surface area contributed by atoms with E-state index < -0.39 is 60.5 Å². The van der Waals surface area contributed by atoms with Crippen LogP contribution < -0.4 is 4.74 Å². The molecular weight excluding hydrogens is 464 g/mol. The summed E-state index contributed by atoms with van der Waals surface area (Å²) >= 11 is 0. The Bertz CT molecular complexity index is 1330. The number of benzene rings is 2. The average Bonchev–Trinajstić information content (AvgIpc) is 2.90. The third-order valence-corrected chi connectivity index (χ3v) is 7.72. The first-order valence-corrected chi connectivity index (χ1v) is 12.0. The highest BCUT2D eigenvalue weighted by Crippen LogP contribution is 2.50. The maximum Gasteiger partial charge on any atom is 0.281 e. The molecule has 31 heavy (non-hydrogen) atoms. The van der Waals surface area contributed by atoms with E-state index in [2.05, 4.69) is 3.77 Å². The Balaban J connectivity index is 2.24. The van der Waals surface area contributed by atoms with E-state index in [9.17, 15) is 35.3 Å². The lowest BCUT2D eigenvalue weighted by molar-refractivity contribution is -0.0976. The normalized spacial score (nSPS) is 19.2. The van der Waals surface area contributed by atoms with Gasteiger partial charge in [-0.2, -0.15) is 5.26 Å². The van der Waals surface area contributed by atoms with Crippen molar-refractivity contribution in [2.75, 3.05) is 12.3 Å². The molecule has 0 heterocycles. The molecule has 1 aliphatic rings. The molecule has 0 amide bonds. The summed E-state index contributed by atoms with van der Waals surface area (Å²) in [6.45, 7) is 0. The van der Waals surface area contributed by atoms with Crippen molar-refractivity contribution in [3.05, 3.63) is 52.8 Å². The molecule has 2 aromatic carbocycles. The second-order valence-corrected chi connectivity index (χ2v) is 10.7.